The molecule has 2 heterocycles. The second-order valence-corrected chi connectivity index (χ2v) is 3.39. The molecule has 2 heteroatoms. The molecule has 0 aliphatic rings. The predicted molar refractivity (Wildman–Crippen MR) is 56.9 cm³/mol. The van der Waals surface area contributed by atoms with Gasteiger partial charge in [-0.1, -0.05) is 6.07 Å². The summed E-state index contributed by atoms with van der Waals surface area (Å²) in [6, 6.07) is 8.03. The number of aromatic nitrogens is 2. The molecule has 2 nitrogen and oxygen atoms in total. The van der Waals surface area contributed by atoms with Crippen LogP contribution in [0.2, 0.25) is 0 Å². The number of nitrogens with zero attached hydrogens (tertiary/aromatic N) is 2. The molecule has 0 unspecified atom stereocenters. The summed E-state index contributed by atoms with van der Waals surface area (Å²) in [5.41, 5.74) is 4.28. The minimum Gasteiger partial charge on any atom is -0.255 e. The van der Waals surface area contributed by atoms with Crippen LogP contribution in [0.4, 0.5) is 0 Å². The van der Waals surface area contributed by atoms with Gasteiger partial charge in [0.1, 0.15) is 0 Å². The van der Waals surface area contributed by atoms with E-state index in [0.717, 1.165) is 17.0 Å². The van der Waals surface area contributed by atoms with Gasteiger partial charge in [0.05, 0.1) is 11.4 Å². The van der Waals surface area contributed by atoms with Crippen LogP contribution in [0.1, 0.15) is 11.1 Å². The van der Waals surface area contributed by atoms with Crippen molar-refractivity contribution in [2.75, 3.05) is 0 Å². The maximum Gasteiger partial charge on any atom is 0.0915 e. The van der Waals surface area contributed by atoms with E-state index in [4.69, 9.17) is 0 Å². The summed E-state index contributed by atoms with van der Waals surface area (Å²) < 4.78 is 0. The molecule has 0 N–H and O–H groups in total. The third kappa shape index (κ3) is 1.64. The molecule has 0 aliphatic carbocycles. The molecule has 0 fully saturated rings. The quantitative estimate of drug-likeness (QED) is 0.681. The van der Waals surface area contributed by atoms with Crippen molar-refractivity contribution in [3.05, 3.63) is 47.8 Å². The lowest BCUT2D eigenvalue weighted by Crippen LogP contribution is -1.90. The van der Waals surface area contributed by atoms with Crippen LogP contribution < -0.4 is 0 Å². The van der Waals surface area contributed by atoms with Crippen molar-refractivity contribution in [1.82, 2.24) is 9.97 Å². The first-order chi connectivity index (χ1) is 6.77. The molecular formula is C12H12N2. The average molecular weight is 184 g/mol. The minimum atomic E-state index is 0.947. The van der Waals surface area contributed by atoms with Crippen LogP contribution in [-0.2, 0) is 0 Å². The third-order valence-electron chi connectivity index (χ3n) is 2.17. The summed E-state index contributed by atoms with van der Waals surface area (Å²) in [6.07, 6.45) is 3.62. The highest BCUT2D eigenvalue weighted by atomic mass is 14.8. The van der Waals surface area contributed by atoms with Gasteiger partial charge < -0.3 is 0 Å². The van der Waals surface area contributed by atoms with Gasteiger partial charge >= 0.3 is 0 Å². The fourth-order valence-corrected chi connectivity index (χ4v) is 1.42. The third-order valence-corrected chi connectivity index (χ3v) is 2.17. The number of hydrogen-bond donors (Lipinski definition) is 0. The van der Waals surface area contributed by atoms with Crippen LogP contribution in [0.15, 0.2) is 36.7 Å². The molecule has 2 aromatic rings. The summed E-state index contributed by atoms with van der Waals surface area (Å²) >= 11 is 0. The number of pyridine rings is 2. The molecule has 0 amide bonds. The van der Waals surface area contributed by atoms with Crippen molar-refractivity contribution < 1.29 is 0 Å². The Morgan fingerprint density at radius 3 is 2.57 bits per heavy atom. The normalized spacial score (nSPS) is 10.1. The van der Waals surface area contributed by atoms with Crippen molar-refractivity contribution in [3.63, 3.8) is 0 Å². The molecule has 2 rings (SSSR count). The van der Waals surface area contributed by atoms with Gasteiger partial charge in [-0.3, -0.25) is 9.97 Å². The molecule has 70 valence electrons. The van der Waals surface area contributed by atoms with E-state index in [2.05, 4.69) is 23.0 Å². The second-order valence-electron chi connectivity index (χ2n) is 3.39. The lowest BCUT2D eigenvalue weighted by Gasteiger charge is -2.03. The fourth-order valence-electron chi connectivity index (χ4n) is 1.42. The van der Waals surface area contributed by atoms with E-state index >= 15 is 0 Å². The Morgan fingerprint density at radius 2 is 1.86 bits per heavy atom. The van der Waals surface area contributed by atoms with Gasteiger partial charge in [-0.25, -0.2) is 0 Å². The molecule has 2 aromatic heterocycles. The molecule has 0 saturated carbocycles. The van der Waals surface area contributed by atoms with E-state index in [0.29, 0.717) is 0 Å². The summed E-state index contributed by atoms with van der Waals surface area (Å²) in [5.74, 6) is 0. The molecule has 0 spiro atoms. The van der Waals surface area contributed by atoms with Crippen LogP contribution in [-0.4, -0.2) is 9.97 Å². The Kier molecular flexibility index (Phi) is 2.27. The van der Waals surface area contributed by atoms with E-state index in [-0.39, 0.29) is 0 Å². The van der Waals surface area contributed by atoms with Crippen molar-refractivity contribution in [2.45, 2.75) is 13.8 Å². The highest BCUT2D eigenvalue weighted by Gasteiger charge is 2.03. The molecular weight excluding hydrogens is 172 g/mol. The van der Waals surface area contributed by atoms with Gasteiger partial charge in [-0.15, -0.1) is 0 Å². The van der Waals surface area contributed by atoms with Gasteiger partial charge in [0.2, 0.25) is 0 Å². The predicted octanol–water partition coefficient (Wildman–Crippen LogP) is 2.76. The SMILES string of the molecule is Cc1ccnc(-c2ncccc2C)c1. The van der Waals surface area contributed by atoms with Crippen LogP contribution in [0, 0.1) is 13.8 Å². The van der Waals surface area contributed by atoms with Gasteiger partial charge in [0, 0.05) is 12.4 Å². The largest absolute Gasteiger partial charge is 0.255 e. The monoisotopic (exact) mass is 184 g/mol. The molecule has 0 saturated heterocycles. The second kappa shape index (κ2) is 3.58. The summed E-state index contributed by atoms with van der Waals surface area (Å²) in [4.78, 5) is 8.64. The highest BCUT2D eigenvalue weighted by molar-refractivity contribution is 5.58. The standard InChI is InChI=1S/C12H12N2/c1-9-5-7-13-11(8-9)12-10(2)4-3-6-14-12/h3-8H,1-2H3. The van der Waals surface area contributed by atoms with E-state index in [9.17, 15) is 0 Å². The van der Waals surface area contributed by atoms with E-state index in [1.807, 2.05) is 31.3 Å². The maximum absolute atomic E-state index is 4.33. The van der Waals surface area contributed by atoms with Crippen molar-refractivity contribution in [3.8, 4) is 11.4 Å². The Hall–Kier alpha value is -1.70. The van der Waals surface area contributed by atoms with Crippen molar-refractivity contribution in [2.24, 2.45) is 0 Å². The van der Waals surface area contributed by atoms with Crippen LogP contribution in [0.5, 0.6) is 0 Å². The topological polar surface area (TPSA) is 25.8 Å². The first-order valence-electron chi connectivity index (χ1n) is 4.62. The van der Waals surface area contributed by atoms with Gasteiger partial charge in [-0.05, 0) is 43.2 Å². The van der Waals surface area contributed by atoms with E-state index < -0.39 is 0 Å². The molecule has 0 aromatic carbocycles. The van der Waals surface area contributed by atoms with Gasteiger partial charge in [0.25, 0.3) is 0 Å². The fraction of sp³-hybridized carbons (Fsp3) is 0.167. The molecule has 0 aliphatic heterocycles. The van der Waals surface area contributed by atoms with Crippen molar-refractivity contribution in [1.29, 1.82) is 0 Å². The summed E-state index contributed by atoms with van der Waals surface area (Å²) in [5, 5.41) is 0. The lowest BCUT2D eigenvalue weighted by atomic mass is 10.1. The summed E-state index contributed by atoms with van der Waals surface area (Å²) in [7, 11) is 0. The molecule has 0 bridgehead atoms. The van der Waals surface area contributed by atoms with Crippen LogP contribution >= 0.6 is 0 Å². The smallest absolute Gasteiger partial charge is 0.0915 e. The minimum absolute atomic E-state index is 0.947. The Bertz CT molecular complexity index is 450. The first kappa shape index (κ1) is 8.88. The Balaban J connectivity index is 2.55. The van der Waals surface area contributed by atoms with Gasteiger partial charge in [-0.2, -0.15) is 0 Å². The van der Waals surface area contributed by atoms with E-state index in [1.54, 1.807) is 6.20 Å². The molecule has 0 atom stereocenters. The van der Waals surface area contributed by atoms with Gasteiger partial charge in [0.15, 0.2) is 0 Å². The van der Waals surface area contributed by atoms with E-state index in [1.165, 1.54) is 5.56 Å². The zero-order valence-electron chi connectivity index (χ0n) is 8.36. The van der Waals surface area contributed by atoms with Crippen LogP contribution in [0.25, 0.3) is 11.4 Å². The highest BCUT2D eigenvalue weighted by Crippen LogP contribution is 2.18. The zero-order valence-corrected chi connectivity index (χ0v) is 8.36. The molecule has 0 radical (unpaired) electrons. The average Bonchev–Trinajstić information content (AvgIpc) is 2.18. The Morgan fingerprint density at radius 1 is 1.00 bits per heavy atom. The lowest BCUT2D eigenvalue weighted by molar-refractivity contribution is 1.20. The number of aryl methyl sites for hydroxylation is 2. The Labute approximate surface area is 83.7 Å². The molecule has 14 heavy (non-hydrogen) atoms. The first-order valence-corrected chi connectivity index (χ1v) is 4.62. The number of hydrogen-bond acceptors (Lipinski definition) is 2. The zero-order chi connectivity index (χ0) is 9.97. The maximum atomic E-state index is 4.33. The van der Waals surface area contributed by atoms with Crippen molar-refractivity contribution >= 4 is 0 Å². The number of rotatable bonds is 1. The summed E-state index contributed by atoms with van der Waals surface area (Å²) in [6.45, 7) is 4.11. The van der Waals surface area contributed by atoms with Crippen LogP contribution in [0.3, 0.4) is 0 Å².